The Bertz CT molecular complexity index is 918. The summed E-state index contributed by atoms with van der Waals surface area (Å²) in [6, 6.07) is 11.8. The Kier molecular flexibility index (Phi) is 4.95. The summed E-state index contributed by atoms with van der Waals surface area (Å²) in [4.78, 5) is 28.1. The molecule has 0 bridgehead atoms. The number of carbonyl (C=O) groups excluding carboxylic acids is 2. The molecule has 0 aliphatic carbocycles. The molecule has 0 radical (unpaired) electrons. The van der Waals surface area contributed by atoms with Crippen LogP contribution in [0.15, 0.2) is 42.5 Å². The highest BCUT2D eigenvalue weighted by molar-refractivity contribution is 7.22. The Morgan fingerprint density at radius 2 is 1.84 bits per heavy atom. The Hall–Kier alpha value is -2.93. The van der Waals surface area contributed by atoms with Gasteiger partial charge in [-0.15, -0.1) is 0 Å². The van der Waals surface area contributed by atoms with Crippen molar-refractivity contribution in [3.05, 3.63) is 53.6 Å². The predicted octanol–water partition coefficient (Wildman–Crippen LogP) is 3.73. The Balaban J connectivity index is 1.76. The molecule has 1 amide bonds. The summed E-state index contributed by atoms with van der Waals surface area (Å²) in [7, 11) is 1.31. The number of rotatable bonds is 5. The Labute approximate surface area is 148 Å². The minimum absolute atomic E-state index is 0.291. The van der Waals surface area contributed by atoms with Crippen molar-refractivity contribution in [3.8, 4) is 5.75 Å². The molecular formula is C18H16N2O4S. The van der Waals surface area contributed by atoms with Crippen molar-refractivity contribution in [3.63, 3.8) is 0 Å². The number of amides is 1. The van der Waals surface area contributed by atoms with Gasteiger partial charge in [-0.2, -0.15) is 0 Å². The van der Waals surface area contributed by atoms with Crippen molar-refractivity contribution < 1.29 is 19.1 Å². The summed E-state index contributed by atoms with van der Waals surface area (Å²) in [5.74, 6) is 0.0404. The van der Waals surface area contributed by atoms with Gasteiger partial charge in [-0.1, -0.05) is 11.3 Å². The average molecular weight is 356 g/mol. The second-order valence-corrected chi connectivity index (χ2v) is 6.14. The maximum absolute atomic E-state index is 12.3. The van der Waals surface area contributed by atoms with E-state index in [0.29, 0.717) is 22.9 Å². The third-order valence-electron chi connectivity index (χ3n) is 3.46. The summed E-state index contributed by atoms with van der Waals surface area (Å²) >= 11 is 1.37. The van der Waals surface area contributed by atoms with Crippen LogP contribution >= 0.6 is 11.3 Å². The molecule has 0 aliphatic rings. The first kappa shape index (κ1) is 16.9. The monoisotopic (exact) mass is 356 g/mol. The van der Waals surface area contributed by atoms with Gasteiger partial charge in [-0.3, -0.25) is 10.1 Å². The van der Waals surface area contributed by atoms with E-state index in [0.717, 1.165) is 16.0 Å². The molecule has 7 heteroatoms. The number of hydrogen-bond donors (Lipinski definition) is 1. The second kappa shape index (κ2) is 7.31. The highest BCUT2D eigenvalue weighted by Gasteiger charge is 2.12. The molecule has 0 spiro atoms. The third kappa shape index (κ3) is 3.77. The molecule has 0 fully saturated rings. The van der Waals surface area contributed by atoms with Crippen molar-refractivity contribution >= 4 is 38.6 Å². The molecule has 3 aromatic rings. The molecule has 0 saturated heterocycles. The van der Waals surface area contributed by atoms with E-state index in [1.165, 1.54) is 18.4 Å². The van der Waals surface area contributed by atoms with E-state index < -0.39 is 5.97 Å². The van der Waals surface area contributed by atoms with Crippen LogP contribution < -0.4 is 10.1 Å². The highest BCUT2D eigenvalue weighted by atomic mass is 32.1. The molecule has 0 saturated carbocycles. The van der Waals surface area contributed by atoms with Crippen molar-refractivity contribution in [2.45, 2.75) is 6.92 Å². The Morgan fingerprint density at radius 3 is 2.52 bits per heavy atom. The topological polar surface area (TPSA) is 77.5 Å². The minimum atomic E-state index is -0.441. The fourth-order valence-corrected chi connectivity index (χ4v) is 3.15. The zero-order valence-electron chi connectivity index (χ0n) is 13.7. The normalized spacial score (nSPS) is 10.5. The van der Waals surface area contributed by atoms with Crippen LogP contribution in [0.4, 0.5) is 5.13 Å². The lowest BCUT2D eigenvalue weighted by Crippen LogP contribution is -2.12. The van der Waals surface area contributed by atoms with Gasteiger partial charge in [-0.25, -0.2) is 9.78 Å². The average Bonchev–Trinajstić information content (AvgIpc) is 3.03. The standard InChI is InChI=1S/C18H16N2O4S/c1-3-24-13-8-9-14-15(10-13)25-18(19-14)20-16(21)11-4-6-12(7-5-11)17(22)23-2/h4-10H,3H2,1-2H3,(H,19,20,21). The maximum Gasteiger partial charge on any atom is 0.337 e. The number of esters is 1. The van der Waals surface area contributed by atoms with Gasteiger partial charge in [0, 0.05) is 5.56 Å². The molecular weight excluding hydrogens is 340 g/mol. The van der Waals surface area contributed by atoms with Gasteiger partial charge in [0.05, 0.1) is 29.5 Å². The van der Waals surface area contributed by atoms with Gasteiger partial charge in [0.1, 0.15) is 5.75 Å². The molecule has 128 valence electrons. The number of ether oxygens (including phenoxy) is 2. The summed E-state index contributed by atoms with van der Waals surface area (Å²) in [5, 5.41) is 3.28. The molecule has 6 nitrogen and oxygen atoms in total. The van der Waals surface area contributed by atoms with Gasteiger partial charge in [0.2, 0.25) is 0 Å². The van der Waals surface area contributed by atoms with E-state index >= 15 is 0 Å². The van der Waals surface area contributed by atoms with Gasteiger partial charge >= 0.3 is 5.97 Å². The SMILES string of the molecule is CCOc1ccc2nc(NC(=O)c3ccc(C(=O)OC)cc3)sc2c1. The smallest absolute Gasteiger partial charge is 0.337 e. The van der Waals surface area contributed by atoms with Crippen molar-refractivity contribution in [2.75, 3.05) is 19.0 Å². The van der Waals surface area contributed by atoms with E-state index in [1.54, 1.807) is 24.3 Å². The molecule has 3 rings (SSSR count). The summed E-state index contributed by atoms with van der Waals surface area (Å²) in [6.45, 7) is 2.52. The fourth-order valence-electron chi connectivity index (χ4n) is 2.26. The summed E-state index contributed by atoms with van der Waals surface area (Å²) in [5.41, 5.74) is 1.62. The number of anilines is 1. The quantitative estimate of drug-likeness (QED) is 0.705. The second-order valence-electron chi connectivity index (χ2n) is 5.10. The predicted molar refractivity (Wildman–Crippen MR) is 96.5 cm³/mol. The van der Waals surface area contributed by atoms with E-state index in [-0.39, 0.29) is 5.91 Å². The lowest BCUT2D eigenvalue weighted by atomic mass is 10.1. The Morgan fingerprint density at radius 1 is 1.12 bits per heavy atom. The molecule has 2 aromatic carbocycles. The largest absolute Gasteiger partial charge is 0.494 e. The molecule has 1 N–H and O–H groups in total. The number of methoxy groups -OCH3 is 1. The number of nitrogens with zero attached hydrogens (tertiary/aromatic N) is 1. The van der Waals surface area contributed by atoms with Crippen molar-refractivity contribution in [2.24, 2.45) is 0 Å². The lowest BCUT2D eigenvalue weighted by molar-refractivity contribution is 0.0600. The zero-order chi connectivity index (χ0) is 17.8. The molecule has 1 heterocycles. The van der Waals surface area contributed by atoms with Gasteiger partial charge in [0.15, 0.2) is 5.13 Å². The summed E-state index contributed by atoms with van der Waals surface area (Å²) < 4.78 is 11.0. The number of benzene rings is 2. The first-order valence-electron chi connectivity index (χ1n) is 7.64. The number of thiazole rings is 1. The minimum Gasteiger partial charge on any atom is -0.494 e. The van der Waals surface area contributed by atoms with Crippen LogP contribution in [-0.4, -0.2) is 30.6 Å². The van der Waals surface area contributed by atoms with E-state index in [2.05, 4.69) is 15.0 Å². The molecule has 0 aliphatic heterocycles. The van der Waals surface area contributed by atoms with E-state index in [1.807, 2.05) is 25.1 Å². The van der Waals surface area contributed by atoms with E-state index in [4.69, 9.17) is 4.74 Å². The first-order chi connectivity index (χ1) is 12.1. The van der Waals surface area contributed by atoms with Crippen LogP contribution in [0.5, 0.6) is 5.75 Å². The number of nitrogens with one attached hydrogen (secondary N) is 1. The number of fused-ring (bicyclic) bond motifs is 1. The molecule has 0 atom stereocenters. The third-order valence-corrected chi connectivity index (χ3v) is 4.39. The molecule has 0 unspecified atom stereocenters. The number of aromatic nitrogens is 1. The maximum atomic E-state index is 12.3. The van der Waals surface area contributed by atoms with Crippen LogP contribution in [0.3, 0.4) is 0 Å². The van der Waals surface area contributed by atoms with Gasteiger partial charge in [-0.05, 0) is 49.4 Å². The van der Waals surface area contributed by atoms with Crippen molar-refractivity contribution in [1.82, 2.24) is 4.98 Å². The fraction of sp³-hybridized carbons (Fsp3) is 0.167. The van der Waals surface area contributed by atoms with Crippen molar-refractivity contribution in [1.29, 1.82) is 0 Å². The zero-order valence-corrected chi connectivity index (χ0v) is 14.6. The van der Waals surface area contributed by atoms with Crippen LogP contribution in [-0.2, 0) is 4.74 Å². The molecule has 25 heavy (non-hydrogen) atoms. The number of hydrogen-bond acceptors (Lipinski definition) is 6. The first-order valence-corrected chi connectivity index (χ1v) is 8.45. The van der Waals surface area contributed by atoms with Crippen LogP contribution in [0.1, 0.15) is 27.6 Å². The summed E-state index contributed by atoms with van der Waals surface area (Å²) in [6.07, 6.45) is 0. The van der Waals surface area contributed by atoms with Crippen LogP contribution in [0, 0.1) is 0 Å². The van der Waals surface area contributed by atoms with E-state index in [9.17, 15) is 9.59 Å². The van der Waals surface area contributed by atoms with Crippen LogP contribution in [0.25, 0.3) is 10.2 Å². The van der Waals surface area contributed by atoms with Gasteiger partial charge in [0.25, 0.3) is 5.91 Å². The number of carbonyl (C=O) groups is 2. The lowest BCUT2D eigenvalue weighted by Gasteiger charge is -2.03. The molecule has 1 aromatic heterocycles. The highest BCUT2D eigenvalue weighted by Crippen LogP contribution is 2.29. The van der Waals surface area contributed by atoms with Crippen LogP contribution in [0.2, 0.25) is 0 Å². The van der Waals surface area contributed by atoms with Gasteiger partial charge < -0.3 is 9.47 Å².